The van der Waals surface area contributed by atoms with Crippen molar-refractivity contribution in [3.05, 3.63) is 28.0 Å². The fourth-order valence-electron chi connectivity index (χ4n) is 2.49. The van der Waals surface area contributed by atoms with E-state index in [2.05, 4.69) is 4.72 Å². The van der Waals surface area contributed by atoms with Gasteiger partial charge in [0.1, 0.15) is 16.3 Å². The van der Waals surface area contributed by atoms with Gasteiger partial charge in [-0.2, -0.15) is 9.98 Å². The van der Waals surface area contributed by atoms with Crippen molar-refractivity contribution in [1.29, 1.82) is 5.26 Å². The molecule has 0 amide bonds. The predicted octanol–water partition coefficient (Wildman–Crippen LogP) is 3.64. The summed E-state index contributed by atoms with van der Waals surface area (Å²) in [5, 5.41) is 8.71. The first-order valence-electron chi connectivity index (χ1n) is 6.39. The summed E-state index contributed by atoms with van der Waals surface area (Å²) >= 11 is 11.6. The Morgan fingerprint density at radius 3 is 2.19 bits per heavy atom. The van der Waals surface area contributed by atoms with Crippen LogP contribution in [0, 0.1) is 17.1 Å². The van der Waals surface area contributed by atoms with Crippen molar-refractivity contribution >= 4 is 33.2 Å². The lowest BCUT2D eigenvalue weighted by molar-refractivity contribution is 0.338. The predicted molar refractivity (Wildman–Crippen MR) is 78.2 cm³/mol. The lowest BCUT2D eigenvalue weighted by Crippen LogP contribution is -2.48. The van der Waals surface area contributed by atoms with Crippen molar-refractivity contribution in [2.24, 2.45) is 0 Å². The highest BCUT2D eigenvalue weighted by Crippen LogP contribution is 2.34. The molecule has 8 heteroatoms. The Morgan fingerprint density at radius 2 is 1.71 bits per heavy atom. The fraction of sp³-hybridized carbons (Fsp3) is 0.462. The molecule has 1 aliphatic rings. The molecule has 0 unspecified atom stereocenters. The monoisotopic (exact) mass is 350 g/mol. The third kappa shape index (κ3) is 3.49. The molecule has 0 bridgehead atoms. The zero-order chi connectivity index (χ0) is 15.7. The largest absolute Gasteiger partial charge is 0.244 e. The first-order chi connectivity index (χ1) is 9.80. The van der Waals surface area contributed by atoms with Crippen molar-refractivity contribution in [3.8, 4) is 6.07 Å². The molecule has 1 fully saturated rings. The average molecular weight is 351 g/mol. The lowest BCUT2D eigenvalue weighted by Gasteiger charge is -2.31. The van der Waals surface area contributed by atoms with Gasteiger partial charge >= 0.3 is 0 Å². The van der Waals surface area contributed by atoms with Crippen LogP contribution in [0.4, 0.5) is 4.39 Å². The maximum absolute atomic E-state index is 13.2. The summed E-state index contributed by atoms with van der Waals surface area (Å²) in [4.78, 5) is -0.396. The Labute approximate surface area is 132 Å². The number of nitriles is 1. The van der Waals surface area contributed by atoms with Crippen LogP contribution in [0.15, 0.2) is 17.0 Å². The van der Waals surface area contributed by atoms with E-state index in [-0.39, 0.29) is 10.0 Å². The standard InChI is InChI=1S/C13H13Cl2FN2O2S/c14-10-6-9(16)7-11(15)12(10)21(19,20)18-13(8-17)4-2-1-3-5-13/h6-7,18H,1-5H2. The maximum atomic E-state index is 13.2. The quantitative estimate of drug-likeness (QED) is 0.904. The normalized spacial score (nSPS) is 18.2. The fourth-order valence-corrected chi connectivity index (χ4v) is 5.05. The van der Waals surface area contributed by atoms with E-state index in [1.165, 1.54) is 0 Å². The van der Waals surface area contributed by atoms with Crippen molar-refractivity contribution in [2.75, 3.05) is 0 Å². The first-order valence-corrected chi connectivity index (χ1v) is 8.63. The van der Waals surface area contributed by atoms with Crippen molar-refractivity contribution < 1.29 is 12.8 Å². The Morgan fingerprint density at radius 1 is 1.19 bits per heavy atom. The van der Waals surface area contributed by atoms with E-state index in [1.807, 2.05) is 6.07 Å². The minimum atomic E-state index is -4.11. The van der Waals surface area contributed by atoms with Crippen LogP contribution in [0.25, 0.3) is 0 Å². The number of nitrogens with one attached hydrogen (secondary N) is 1. The molecule has 1 N–H and O–H groups in total. The maximum Gasteiger partial charge on any atom is 0.244 e. The van der Waals surface area contributed by atoms with Gasteiger partial charge in [0.25, 0.3) is 0 Å². The first kappa shape index (κ1) is 16.5. The highest BCUT2D eigenvalue weighted by atomic mass is 35.5. The van der Waals surface area contributed by atoms with Crippen LogP contribution >= 0.6 is 23.2 Å². The van der Waals surface area contributed by atoms with Crippen LogP contribution in [0.1, 0.15) is 32.1 Å². The second-order valence-electron chi connectivity index (χ2n) is 5.06. The summed E-state index contributed by atoms with van der Waals surface area (Å²) in [6.45, 7) is 0. The number of rotatable bonds is 3. The smallest absolute Gasteiger partial charge is 0.207 e. The van der Waals surface area contributed by atoms with Gasteiger partial charge in [-0.15, -0.1) is 0 Å². The van der Waals surface area contributed by atoms with E-state index in [9.17, 15) is 18.1 Å². The Bertz CT molecular complexity index is 672. The minimum absolute atomic E-state index is 0.309. The van der Waals surface area contributed by atoms with E-state index in [0.717, 1.165) is 31.4 Å². The van der Waals surface area contributed by atoms with Crippen LogP contribution in [0.2, 0.25) is 10.0 Å². The van der Waals surface area contributed by atoms with Gasteiger partial charge in [0.05, 0.1) is 16.1 Å². The molecule has 1 saturated carbocycles. The third-order valence-corrected chi connectivity index (χ3v) is 5.94. The summed E-state index contributed by atoms with van der Waals surface area (Å²) in [6.07, 6.45) is 3.35. The van der Waals surface area contributed by atoms with Gasteiger partial charge in [-0.3, -0.25) is 0 Å². The average Bonchev–Trinajstić information content (AvgIpc) is 2.37. The van der Waals surface area contributed by atoms with E-state index in [0.29, 0.717) is 12.8 Å². The molecule has 0 atom stereocenters. The van der Waals surface area contributed by atoms with Crippen LogP contribution in [0.5, 0.6) is 0 Å². The van der Waals surface area contributed by atoms with Crippen LogP contribution in [0.3, 0.4) is 0 Å². The number of halogens is 3. The molecule has 1 aromatic carbocycles. The zero-order valence-corrected chi connectivity index (χ0v) is 13.3. The summed E-state index contributed by atoms with van der Waals surface area (Å²) in [5.74, 6) is -0.725. The van der Waals surface area contributed by atoms with Crippen molar-refractivity contribution in [3.63, 3.8) is 0 Å². The molecule has 0 heterocycles. The number of benzene rings is 1. The Kier molecular flexibility index (Phi) is 4.79. The molecule has 2 rings (SSSR count). The highest BCUT2D eigenvalue weighted by Gasteiger charge is 2.38. The Hall–Kier alpha value is -0.870. The number of hydrogen-bond acceptors (Lipinski definition) is 3. The lowest BCUT2D eigenvalue weighted by atomic mass is 9.84. The molecule has 0 radical (unpaired) electrons. The second-order valence-corrected chi connectivity index (χ2v) is 7.49. The van der Waals surface area contributed by atoms with Crippen molar-refractivity contribution in [1.82, 2.24) is 4.72 Å². The van der Waals surface area contributed by atoms with E-state index in [1.54, 1.807) is 0 Å². The van der Waals surface area contributed by atoms with Gasteiger partial charge in [-0.1, -0.05) is 42.5 Å². The zero-order valence-electron chi connectivity index (χ0n) is 11.0. The SMILES string of the molecule is N#CC1(NS(=O)(=O)c2c(Cl)cc(F)cc2Cl)CCCCC1. The van der Waals surface area contributed by atoms with Crippen LogP contribution < -0.4 is 4.72 Å². The van der Waals surface area contributed by atoms with Crippen LogP contribution in [-0.4, -0.2) is 14.0 Å². The highest BCUT2D eigenvalue weighted by molar-refractivity contribution is 7.89. The molecule has 114 valence electrons. The van der Waals surface area contributed by atoms with Gasteiger partial charge in [0, 0.05) is 0 Å². The molecular formula is C13H13Cl2FN2O2S. The number of sulfonamides is 1. The van der Waals surface area contributed by atoms with Crippen LogP contribution in [-0.2, 0) is 10.0 Å². The third-order valence-electron chi connectivity index (χ3n) is 3.48. The molecular weight excluding hydrogens is 338 g/mol. The molecule has 0 aliphatic heterocycles. The topological polar surface area (TPSA) is 70.0 Å². The molecule has 0 saturated heterocycles. The molecule has 1 aliphatic carbocycles. The summed E-state index contributed by atoms with van der Waals surface area (Å²) < 4.78 is 40.5. The van der Waals surface area contributed by atoms with E-state index >= 15 is 0 Å². The summed E-state index contributed by atoms with van der Waals surface area (Å²) in [7, 11) is -4.11. The van der Waals surface area contributed by atoms with Gasteiger partial charge in [0.2, 0.25) is 10.0 Å². The van der Waals surface area contributed by atoms with Gasteiger partial charge < -0.3 is 0 Å². The Balaban J connectivity index is 2.42. The van der Waals surface area contributed by atoms with Gasteiger partial charge in [-0.05, 0) is 25.0 Å². The molecule has 21 heavy (non-hydrogen) atoms. The summed E-state index contributed by atoms with van der Waals surface area (Å²) in [5.41, 5.74) is -1.15. The van der Waals surface area contributed by atoms with Gasteiger partial charge in [-0.25, -0.2) is 12.8 Å². The number of nitrogens with zero attached hydrogens (tertiary/aromatic N) is 1. The minimum Gasteiger partial charge on any atom is -0.207 e. The van der Waals surface area contributed by atoms with Crippen molar-refractivity contribution in [2.45, 2.75) is 42.5 Å². The molecule has 1 aromatic rings. The molecule has 0 aromatic heterocycles. The van der Waals surface area contributed by atoms with E-state index in [4.69, 9.17) is 23.2 Å². The molecule has 0 spiro atoms. The number of hydrogen-bond donors (Lipinski definition) is 1. The van der Waals surface area contributed by atoms with Gasteiger partial charge in [0.15, 0.2) is 0 Å². The molecule has 4 nitrogen and oxygen atoms in total. The van der Waals surface area contributed by atoms with E-state index < -0.39 is 26.3 Å². The summed E-state index contributed by atoms with van der Waals surface area (Å²) in [6, 6.07) is 3.80. The second kappa shape index (κ2) is 6.09.